The number of carbonyl (C=O) groups is 1. The van der Waals surface area contributed by atoms with Crippen molar-refractivity contribution in [3.05, 3.63) is 66.1 Å². The maximum atomic E-state index is 12.3. The molecule has 0 spiro atoms. The van der Waals surface area contributed by atoms with Crippen LogP contribution >= 0.6 is 0 Å². The fourth-order valence-corrected chi connectivity index (χ4v) is 4.08. The largest absolute Gasteiger partial charge is 0.748 e. The van der Waals surface area contributed by atoms with Gasteiger partial charge < -0.3 is 14.6 Å². The number of nitrogens with one attached hydrogen (secondary N) is 1. The number of hydrogen-bond acceptors (Lipinski definition) is 6. The van der Waals surface area contributed by atoms with Crippen LogP contribution in [0.25, 0.3) is 17.1 Å². The zero-order valence-electron chi connectivity index (χ0n) is 18.2. The van der Waals surface area contributed by atoms with Crippen LogP contribution in [0, 0.1) is 0 Å². The molecule has 3 rings (SSSR count). The Hall–Kier alpha value is -3.17. The molecule has 0 aliphatic heterocycles. The molecular formula is C23H27N3O5S. The molecule has 0 bridgehead atoms. The average Bonchev–Trinajstić information content (AvgIpc) is 3.05. The normalized spacial score (nSPS) is 11.8. The number of imidazole rings is 1. The molecule has 0 amide bonds. The summed E-state index contributed by atoms with van der Waals surface area (Å²) < 4.78 is 42.5. The number of esters is 1. The Labute approximate surface area is 187 Å². The summed E-state index contributed by atoms with van der Waals surface area (Å²) in [5.41, 5.74) is 3.00. The van der Waals surface area contributed by atoms with Gasteiger partial charge in [0, 0.05) is 29.8 Å². The van der Waals surface area contributed by atoms with E-state index in [0.717, 1.165) is 22.5 Å². The van der Waals surface area contributed by atoms with Crippen molar-refractivity contribution < 1.29 is 27.1 Å². The van der Waals surface area contributed by atoms with Crippen molar-refractivity contribution in [3.63, 3.8) is 0 Å². The van der Waals surface area contributed by atoms with Crippen LogP contribution in [-0.2, 0) is 27.9 Å². The van der Waals surface area contributed by atoms with E-state index in [-0.39, 0.29) is 13.0 Å². The SMILES string of the molecule is CCOC(=O)c1ccc2c(c1)n(CCCS(=O)(=O)[O-])c(C=CNc1ccccc1)[n+]2CC. The van der Waals surface area contributed by atoms with Crippen molar-refractivity contribution in [1.82, 2.24) is 4.57 Å². The summed E-state index contributed by atoms with van der Waals surface area (Å²) in [6.45, 7) is 4.99. The topological polar surface area (TPSA) is 104 Å². The Morgan fingerprint density at radius 3 is 2.59 bits per heavy atom. The highest BCUT2D eigenvalue weighted by Crippen LogP contribution is 2.20. The van der Waals surface area contributed by atoms with Gasteiger partial charge in [-0.15, -0.1) is 0 Å². The van der Waals surface area contributed by atoms with E-state index in [1.165, 1.54) is 0 Å². The van der Waals surface area contributed by atoms with Gasteiger partial charge in [-0.2, -0.15) is 0 Å². The summed E-state index contributed by atoms with van der Waals surface area (Å²) in [5, 5.41) is 3.22. The smallest absolute Gasteiger partial charge is 0.338 e. The van der Waals surface area contributed by atoms with Gasteiger partial charge in [0.1, 0.15) is 0 Å². The van der Waals surface area contributed by atoms with Crippen molar-refractivity contribution in [2.24, 2.45) is 0 Å². The van der Waals surface area contributed by atoms with Crippen molar-refractivity contribution in [2.75, 3.05) is 17.7 Å². The van der Waals surface area contributed by atoms with Gasteiger partial charge in [0.15, 0.2) is 11.0 Å². The molecule has 1 aromatic heterocycles. The molecule has 1 heterocycles. The minimum atomic E-state index is -4.32. The van der Waals surface area contributed by atoms with Gasteiger partial charge in [-0.1, -0.05) is 18.2 Å². The first-order valence-corrected chi connectivity index (χ1v) is 12.1. The number of aryl methyl sites for hydroxylation is 2. The first-order chi connectivity index (χ1) is 15.3. The number of carbonyl (C=O) groups excluding carboxylic acids is 1. The standard InChI is InChI=1S/C23H27N3O5S/c1-3-25-20-12-11-18(23(27)31-4-2)17-21(20)26(15-8-16-32(28,29)30)22(25)13-14-24-19-9-6-5-7-10-19/h5-7,9-14,17H,3-4,8,15-16H2,1-2H3,(H,28,29,30). The summed E-state index contributed by atoms with van der Waals surface area (Å²) in [4.78, 5) is 12.3. The van der Waals surface area contributed by atoms with E-state index in [2.05, 4.69) is 9.88 Å². The first kappa shape index (κ1) is 23.5. The third-order valence-corrected chi connectivity index (χ3v) is 5.76. The van der Waals surface area contributed by atoms with Gasteiger partial charge in [0.2, 0.25) is 0 Å². The molecule has 8 nitrogen and oxygen atoms in total. The lowest BCUT2D eigenvalue weighted by Gasteiger charge is -2.06. The Balaban J connectivity index is 2.04. The molecular weight excluding hydrogens is 430 g/mol. The number of nitrogens with zero attached hydrogens (tertiary/aromatic N) is 2. The Morgan fingerprint density at radius 2 is 1.94 bits per heavy atom. The number of fused-ring (bicyclic) bond motifs is 1. The van der Waals surface area contributed by atoms with Crippen LogP contribution in [0.2, 0.25) is 0 Å². The molecule has 3 aromatic rings. The Bertz CT molecular complexity index is 1220. The minimum Gasteiger partial charge on any atom is -0.748 e. The van der Waals surface area contributed by atoms with Crippen LogP contribution in [0.5, 0.6) is 0 Å². The molecule has 0 aliphatic rings. The van der Waals surface area contributed by atoms with E-state index < -0.39 is 21.8 Å². The van der Waals surface area contributed by atoms with Gasteiger partial charge in [0.05, 0.1) is 35.4 Å². The second-order valence-electron chi connectivity index (χ2n) is 7.14. The molecule has 0 saturated heterocycles. The van der Waals surface area contributed by atoms with Crippen LogP contribution in [0.1, 0.15) is 36.5 Å². The monoisotopic (exact) mass is 457 g/mol. The number of para-hydroxylation sites is 1. The van der Waals surface area contributed by atoms with Crippen molar-refractivity contribution in [1.29, 1.82) is 0 Å². The first-order valence-electron chi connectivity index (χ1n) is 10.5. The molecule has 2 aromatic carbocycles. The number of anilines is 1. The number of hydrogen-bond donors (Lipinski definition) is 1. The maximum absolute atomic E-state index is 12.3. The van der Waals surface area contributed by atoms with Gasteiger partial charge >= 0.3 is 5.97 Å². The zero-order chi connectivity index (χ0) is 23.1. The van der Waals surface area contributed by atoms with Gasteiger partial charge in [-0.05, 0) is 44.5 Å². The van der Waals surface area contributed by atoms with Gasteiger partial charge in [0.25, 0.3) is 5.82 Å². The molecule has 32 heavy (non-hydrogen) atoms. The fourth-order valence-electron chi connectivity index (χ4n) is 3.60. The molecule has 0 radical (unpaired) electrons. The van der Waals surface area contributed by atoms with Gasteiger partial charge in [-0.3, -0.25) is 0 Å². The Morgan fingerprint density at radius 1 is 1.19 bits per heavy atom. The molecule has 0 atom stereocenters. The number of rotatable bonds is 10. The van der Waals surface area contributed by atoms with Crippen molar-refractivity contribution >= 4 is 38.9 Å². The van der Waals surface area contributed by atoms with Crippen LogP contribution in [0.4, 0.5) is 5.69 Å². The van der Waals surface area contributed by atoms with E-state index in [0.29, 0.717) is 18.7 Å². The van der Waals surface area contributed by atoms with E-state index in [1.807, 2.05) is 60.2 Å². The lowest BCUT2D eigenvalue weighted by molar-refractivity contribution is -0.670. The van der Waals surface area contributed by atoms with E-state index in [4.69, 9.17) is 4.74 Å². The summed E-state index contributed by atoms with van der Waals surface area (Å²) in [7, 11) is -4.32. The molecule has 0 saturated carbocycles. The van der Waals surface area contributed by atoms with E-state index in [9.17, 15) is 17.8 Å². The third-order valence-electron chi connectivity index (χ3n) is 4.97. The predicted molar refractivity (Wildman–Crippen MR) is 122 cm³/mol. The van der Waals surface area contributed by atoms with Crippen LogP contribution in [0.15, 0.2) is 54.7 Å². The molecule has 0 aliphatic carbocycles. The second-order valence-corrected chi connectivity index (χ2v) is 8.66. The summed E-state index contributed by atoms with van der Waals surface area (Å²) in [6, 6.07) is 15.0. The zero-order valence-corrected chi connectivity index (χ0v) is 19.0. The van der Waals surface area contributed by atoms with Crippen LogP contribution in [0.3, 0.4) is 0 Å². The molecule has 1 N–H and O–H groups in total. The number of ether oxygens (including phenoxy) is 1. The third kappa shape index (κ3) is 5.74. The highest BCUT2D eigenvalue weighted by Gasteiger charge is 2.24. The van der Waals surface area contributed by atoms with E-state index in [1.54, 1.807) is 19.1 Å². The summed E-state index contributed by atoms with van der Waals surface area (Å²) >= 11 is 0. The van der Waals surface area contributed by atoms with E-state index >= 15 is 0 Å². The number of benzene rings is 2. The summed E-state index contributed by atoms with van der Waals surface area (Å²) in [6.07, 6.45) is 3.87. The van der Waals surface area contributed by atoms with Crippen LogP contribution in [-0.4, -0.2) is 35.9 Å². The summed E-state index contributed by atoms with van der Waals surface area (Å²) in [5.74, 6) is -0.0627. The molecule has 0 unspecified atom stereocenters. The molecule has 9 heteroatoms. The highest BCUT2D eigenvalue weighted by atomic mass is 32.2. The minimum absolute atomic E-state index is 0.163. The van der Waals surface area contributed by atoms with Crippen molar-refractivity contribution in [2.45, 2.75) is 33.4 Å². The average molecular weight is 458 g/mol. The maximum Gasteiger partial charge on any atom is 0.338 e. The second kappa shape index (κ2) is 10.4. The lowest BCUT2D eigenvalue weighted by Crippen LogP contribution is -2.35. The van der Waals surface area contributed by atoms with Crippen LogP contribution < -0.4 is 9.88 Å². The highest BCUT2D eigenvalue weighted by molar-refractivity contribution is 7.85. The quantitative estimate of drug-likeness (QED) is 0.285. The lowest BCUT2D eigenvalue weighted by atomic mass is 10.2. The molecule has 170 valence electrons. The number of aromatic nitrogens is 2. The Kier molecular flexibility index (Phi) is 7.66. The van der Waals surface area contributed by atoms with Gasteiger partial charge in [-0.25, -0.2) is 22.3 Å². The predicted octanol–water partition coefficient (Wildman–Crippen LogP) is 3.14. The van der Waals surface area contributed by atoms with Crippen molar-refractivity contribution in [3.8, 4) is 0 Å². The fraction of sp³-hybridized carbons (Fsp3) is 0.304. The molecule has 0 fully saturated rings.